The molecule has 7 heteroatoms. The van der Waals surface area contributed by atoms with Crippen LogP contribution in [0.4, 0.5) is 0 Å². The zero-order valence-electron chi connectivity index (χ0n) is 19.9. The van der Waals surface area contributed by atoms with Crippen LogP contribution in [0.5, 0.6) is 0 Å². The van der Waals surface area contributed by atoms with Crippen LogP contribution in [-0.4, -0.2) is 28.8 Å². The number of carbonyl (C=O) groups is 2. The highest BCUT2D eigenvalue weighted by Crippen LogP contribution is 2.28. The first-order chi connectivity index (χ1) is 17.4. The summed E-state index contributed by atoms with van der Waals surface area (Å²) in [4.78, 5) is 29.2. The van der Waals surface area contributed by atoms with Gasteiger partial charge in [-0.3, -0.25) is 9.59 Å². The van der Waals surface area contributed by atoms with E-state index in [1.165, 1.54) is 0 Å². The lowest BCUT2D eigenvalue weighted by atomic mass is 10.0. The van der Waals surface area contributed by atoms with Gasteiger partial charge in [-0.1, -0.05) is 96.2 Å². The van der Waals surface area contributed by atoms with Crippen molar-refractivity contribution >= 4 is 46.6 Å². The van der Waals surface area contributed by atoms with Gasteiger partial charge in [0, 0.05) is 39.6 Å². The lowest BCUT2D eigenvalue weighted by Gasteiger charge is -2.33. The Hall–Kier alpha value is -2.53. The number of amides is 2. The van der Waals surface area contributed by atoms with Crippen LogP contribution >= 0.6 is 34.8 Å². The van der Waals surface area contributed by atoms with Gasteiger partial charge in [0.2, 0.25) is 11.8 Å². The van der Waals surface area contributed by atoms with Crippen molar-refractivity contribution in [2.24, 2.45) is 0 Å². The Labute approximate surface area is 227 Å². The third-order valence-electron chi connectivity index (χ3n) is 6.63. The number of halogens is 3. The first-order valence-corrected chi connectivity index (χ1v) is 13.3. The van der Waals surface area contributed by atoms with E-state index in [0.29, 0.717) is 27.1 Å². The van der Waals surface area contributed by atoms with Crippen molar-refractivity contribution in [3.8, 4) is 0 Å². The predicted octanol–water partition coefficient (Wildman–Crippen LogP) is 6.89. The molecule has 1 N–H and O–H groups in total. The lowest BCUT2D eigenvalue weighted by Crippen LogP contribution is -2.52. The summed E-state index contributed by atoms with van der Waals surface area (Å²) in [5.74, 6) is -0.339. The van der Waals surface area contributed by atoms with Gasteiger partial charge in [-0.05, 0) is 48.2 Å². The average molecular weight is 544 g/mol. The molecule has 4 rings (SSSR count). The van der Waals surface area contributed by atoms with E-state index in [4.69, 9.17) is 34.8 Å². The van der Waals surface area contributed by atoms with Gasteiger partial charge in [0.25, 0.3) is 0 Å². The van der Waals surface area contributed by atoms with Crippen molar-refractivity contribution in [2.75, 3.05) is 0 Å². The summed E-state index contributed by atoms with van der Waals surface area (Å²) in [7, 11) is 0. The second-order valence-corrected chi connectivity index (χ2v) is 10.5. The zero-order valence-corrected chi connectivity index (χ0v) is 22.2. The molecule has 1 fully saturated rings. The SMILES string of the molecule is O=C(NC1CCCC1)C(Cc1ccccc1)N(Cc1c(Cl)cccc1Cl)C(=O)Cc1ccc(Cl)cc1. The molecule has 188 valence electrons. The first kappa shape index (κ1) is 26.5. The van der Waals surface area contributed by atoms with Crippen molar-refractivity contribution < 1.29 is 9.59 Å². The Morgan fingerprint density at radius 3 is 2.11 bits per heavy atom. The highest BCUT2D eigenvalue weighted by Gasteiger charge is 2.33. The van der Waals surface area contributed by atoms with Crippen molar-refractivity contribution in [3.63, 3.8) is 0 Å². The van der Waals surface area contributed by atoms with Gasteiger partial charge >= 0.3 is 0 Å². The lowest BCUT2D eigenvalue weighted by molar-refractivity contribution is -0.141. The predicted molar refractivity (Wildman–Crippen MR) is 147 cm³/mol. The molecule has 0 radical (unpaired) electrons. The minimum Gasteiger partial charge on any atom is -0.352 e. The molecule has 0 saturated heterocycles. The molecule has 0 heterocycles. The number of nitrogens with zero attached hydrogens (tertiary/aromatic N) is 1. The fourth-order valence-electron chi connectivity index (χ4n) is 4.65. The molecule has 1 saturated carbocycles. The molecule has 0 aromatic heterocycles. The van der Waals surface area contributed by atoms with Crippen molar-refractivity contribution in [1.82, 2.24) is 10.2 Å². The van der Waals surface area contributed by atoms with Crippen molar-refractivity contribution in [1.29, 1.82) is 0 Å². The summed E-state index contributed by atoms with van der Waals surface area (Å²) in [5, 5.41) is 4.72. The number of hydrogen-bond acceptors (Lipinski definition) is 2. The largest absolute Gasteiger partial charge is 0.352 e. The monoisotopic (exact) mass is 542 g/mol. The van der Waals surface area contributed by atoms with Crippen LogP contribution in [0.2, 0.25) is 15.1 Å². The van der Waals surface area contributed by atoms with Crippen molar-refractivity contribution in [3.05, 3.63) is 105 Å². The normalized spacial score (nSPS) is 14.4. The molecule has 0 aliphatic heterocycles. The molecule has 1 aliphatic rings. The van der Waals surface area contributed by atoms with Gasteiger partial charge < -0.3 is 10.2 Å². The van der Waals surface area contributed by atoms with Gasteiger partial charge in [0.15, 0.2) is 0 Å². The smallest absolute Gasteiger partial charge is 0.243 e. The summed E-state index contributed by atoms with van der Waals surface area (Å²) in [6.45, 7) is 0.126. The summed E-state index contributed by atoms with van der Waals surface area (Å²) < 4.78 is 0. The summed E-state index contributed by atoms with van der Waals surface area (Å²) >= 11 is 19.0. The van der Waals surface area contributed by atoms with E-state index < -0.39 is 6.04 Å². The number of nitrogens with one attached hydrogen (secondary N) is 1. The van der Waals surface area contributed by atoms with Crippen LogP contribution in [0.1, 0.15) is 42.4 Å². The molecule has 1 aliphatic carbocycles. The highest BCUT2D eigenvalue weighted by atomic mass is 35.5. The molecule has 2 amide bonds. The maximum Gasteiger partial charge on any atom is 0.243 e. The van der Waals surface area contributed by atoms with E-state index in [2.05, 4.69) is 5.32 Å². The topological polar surface area (TPSA) is 49.4 Å². The van der Waals surface area contributed by atoms with Crippen LogP contribution in [0.15, 0.2) is 72.8 Å². The maximum atomic E-state index is 13.8. The van der Waals surface area contributed by atoms with Gasteiger partial charge in [-0.15, -0.1) is 0 Å². The van der Waals surface area contributed by atoms with E-state index >= 15 is 0 Å². The summed E-state index contributed by atoms with van der Waals surface area (Å²) in [5.41, 5.74) is 2.41. The minimum atomic E-state index is -0.722. The third kappa shape index (κ3) is 7.03. The van der Waals surface area contributed by atoms with Gasteiger partial charge in [-0.2, -0.15) is 0 Å². The number of carbonyl (C=O) groups excluding carboxylic acids is 2. The van der Waals surface area contributed by atoms with Gasteiger partial charge in [0.1, 0.15) is 6.04 Å². The van der Waals surface area contributed by atoms with Crippen molar-refractivity contribution in [2.45, 2.75) is 57.2 Å². The molecule has 3 aromatic rings. The fourth-order valence-corrected chi connectivity index (χ4v) is 5.30. The Morgan fingerprint density at radius 1 is 0.833 bits per heavy atom. The van der Waals surface area contributed by atoms with Crippen LogP contribution in [0, 0.1) is 0 Å². The molecule has 1 unspecified atom stereocenters. The molecule has 0 spiro atoms. The Morgan fingerprint density at radius 2 is 1.47 bits per heavy atom. The Bertz CT molecular complexity index is 1160. The molecular weight excluding hydrogens is 515 g/mol. The second kappa shape index (κ2) is 12.6. The summed E-state index contributed by atoms with van der Waals surface area (Å²) in [6.07, 6.45) is 4.62. The fraction of sp³-hybridized carbons (Fsp3) is 0.310. The molecule has 0 bridgehead atoms. The van der Waals surface area contributed by atoms with Gasteiger partial charge in [-0.25, -0.2) is 0 Å². The Kier molecular flexibility index (Phi) is 9.30. The number of benzene rings is 3. The number of hydrogen-bond donors (Lipinski definition) is 1. The van der Waals surface area contributed by atoms with E-state index in [-0.39, 0.29) is 30.8 Å². The Balaban J connectivity index is 1.69. The second-order valence-electron chi connectivity index (χ2n) is 9.22. The van der Waals surface area contributed by atoms with Crippen LogP contribution in [0.3, 0.4) is 0 Å². The molecule has 4 nitrogen and oxygen atoms in total. The third-order valence-corrected chi connectivity index (χ3v) is 7.59. The summed E-state index contributed by atoms with van der Waals surface area (Å²) in [6, 6.07) is 21.6. The average Bonchev–Trinajstić information content (AvgIpc) is 3.38. The van der Waals surface area contributed by atoms with E-state index in [0.717, 1.165) is 36.8 Å². The molecular formula is C29H29Cl3N2O2. The molecule has 36 heavy (non-hydrogen) atoms. The zero-order chi connectivity index (χ0) is 25.5. The van der Waals surface area contributed by atoms with E-state index in [1.807, 2.05) is 42.5 Å². The van der Waals surface area contributed by atoms with E-state index in [1.54, 1.807) is 35.2 Å². The quantitative estimate of drug-likeness (QED) is 0.319. The molecule has 1 atom stereocenters. The van der Waals surface area contributed by atoms with E-state index in [9.17, 15) is 9.59 Å². The van der Waals surface area contributed by atoms with Crippen LogP contribution in [0.25, 0.3) is 0 Å². The van der Waals surface area contributed by atoms with Crippen LogP contribution < -0.4 is 5.32 Å². The van der Waals surface area contributed by atoms with Gasteiger partial charge in [0.05, 0.1) is 6.42 Å². The highest BCUT2D eigenvalue weighted by molar-refractivity contribution is 6.36. The maximum absolute atomic E-state index is 13.8. The standard InChI is InChI=1S/C29H29Cl3N2O2/c30-22-15-13-21(14-16-22)18-28(35)34(19-24-25(31)11-6-12-26(24)32)27(17-20-7-2-1-3-8-20)29(36)33-23-9-4-5-10-23/h1-3,6-8,11-16,23,27H,4-5,9-10,17-19H2,(H,33,36). The number of rotatable bonds is 9. The minimum absolute atomic E-state index is 0.126. The van der Waals surface area contributed by atoms with Crippen LogP contribution in [-0.2, 0) is 29.0 Å². The molecule has 3 aromatic carbocycles. The first-order valence-electron chi connectivity index (χ1n) is 12.2.